The van der Waals surface area contributed by atoms with Crippen LogP contribution in [0.3, 0.4) is 0 Å². The minimum Gasteiger partial charge on any atom is -0.305 e. The van der Waals surface area contributed by atoms with Gasteiger partial charge in [0, 0.05) is 33.9 Å². The average Bonchev–Trinajstić information content (AvgIpc) is 3.62. The lowest BCUT2D eigenvalue weighted by Gasteiger charge is -2.19. The van der Waals surface area contributed by atoms with E-state index in [9.17, 15) is 0 Å². The number of benzene rings is 4. The second-order valence-electron chi connectivity index (χ2n) is 10.7. The highest BCUT2D eigenvalue weighted by Crippen LogP contribution is 2.40. The Morgan fingerprint density at radius 2 is 0.727 bits per heavy atom. The molecule has 0 atom stereocenters. The first-order chi connectivity index (χ1) is 21.9. The molecular weight excluding hydrogens is 540 g/mol. The number of aromatic nitrogens is 6. The molecule has 0 bridgehead atoms. The number of hydrogen-bond acceptors (Lipinski definition) is 4. The quantitative estimate of drug-likeness (QED) is 0.214. The van der Waals surface area contributed by atoms with Gasteiger partial charge in [-0.05, 0) is 48.5 Å². The number of para-hydroxylation sites is 4. The molecule has 0 aliphatic carbocycles. The Bertz CT molecular complexity index is 2330. The fraction of sp³-hybridized carbons (Fsp3) is 0. The van der Waals surface area contributed by atoms with Gasteiger partial charge >= 0.3 is 0 Å². The van der Waals surface area contributed by atoms with Gasteiger partial charge in [-0.2, -0.15) is 0 Å². The molecular formula is C38H24N6. The first-order valence-corrected chi connectivity index (χ1v) is 14.6. The highest BCUT2D eigenvalue weighted by molar-refractivity contribution is 6.11. The van der Waals surface area contributed by atoms with E-state index in [0.29, 0.717) is 5.95 Å². The van der Waals surface area contributed by atoms with Gasteiger partial charge in [0.1, 0.15) is 17.1 Å². The van der Waals surface area contributed by atoms with Crippen LogP contribution in [0.15, 0.2) is 146 Å². The van der Waals surface area contributed by atoms with Gasteiger partial charge < -0.3 is 4.57 Å². The molecule has 5 aromatic heterocycles. The average molecular weight is 565 g/mol. The molecule has 0 aliphatic rings. The Morgan fingerprint density at radius 1 is 0.364 bits per heavy atom. The lowest BCUT2D eigenvalue weighted by Crippen LogP contribution is -2.10. The molecule has 5 heterocycles. The Hall–Kier alpha value is -6.14. The van der Waals surface area contributed by atoms with Crippen LogP contribution in [0.2, 0.25) is 0 Å². The molecule has 44 heavy (non-hydrogen) atoms. The van der Waals surface area contributed by atoms with Gasteiger partial charge in [-0.3, -0.25) is 14.5 Å². The molecule has 9 aromatic rings. The molecule has 0 aliphatic heterocycles. The van der Waals surface area contributed by atoms with Crippen molar-refractivity contribution in [1.82, 2.24) is 29.1 Å². The zero-order chi connectivity index (χ0) is 29.0. The summed E-state index contributed by atoms with van der Waals surface area (Å²) in [5.41, 5.74) is 8.01. The van der Waals surface area contributed by atoms with Crippen LogP contribution in [0.1, 0.15) is 0 Å². The molecule has 206 valence electrons. The third-order valence-electron chi connectivity index (χ3n) is 8.27. The van der Waals surface area contributed by atoms with Gasteiger partial charge in [-0.15, -0.1) is 0 Å². The first kappa shape index (κ1) is 24.5. The van der Waals surface area contributed by atoms with E-state index in [0.717, 1.165) is 72.1 Å². The first-order valence-electron chi connectivity index (χ1n) is 14.6. The highest BCUT2D eigenvalue weighted by atomic mass is 15.2. The van der Waals surface area contributed by atoms with Crippen molar-refractivity contribution in [2.75, 3.05) is 0 Å². The zero-order valence-corrected chi connectivity index (χ0v) is 23.5. The number of rotatable bonds is 4. The van der Waals surface area contributed by atoms with Crippen LogP contribution >= 0.6 is 0 Å². The summed E-state index contributed by atoms with van der Waals surface area (Å²) in [6, 6.07) is 45.7. The van der Waals surface area contributed by atoms with E-state index in [1.807, 2.05) is 48.8 Å². The second-order valence-corrected chi connectivity index (χ2v) is 10.7. The molecule has 6 nitrogen and oxygen atoms in total. The molecule has 0 unspecified atom stereocenters. The van der Waals surface area contributed by atoms with Crippen LogP contribution in [0.5, 0.6) is 0 Å². The van der Waals surface area contributed by atoms with Crippen molar-refractivity contribution in [3.05, 3.63) is 146 Å². The van der Waals surface area contributed by atoms with E-state index < -0.39 is 0 Å². The molecule has 0 saturated heterocycles. The summed E-state index contributed by atoms with van der Waals surface area (Å²) in [6.45, 7) is 0. The predicted molar refractivity (Wildman–Crippen MR) is 177 cm³/mol. The largest absolute Gasteiger partial charge is 0.305 e. The van der Waals surface area contributed by atoms with E-state index in [1.165, 1.54) is 0 Å². The van der Waals surface area contributed by atoms with Crippen LogP contribution in [-0.4, -0.2) is 29.1 Å². The number of pyridine rings is 2. The summed E-state index contributed by atoms with van der Waals surface area (Å²) >= 11 is 0. The SMILES string of the molecule is c1ccc(-c2nc(-n3c4ccccc4c4ccccc43)nc(-c3ccccn3)c2-n2c3ccccc3c3ccccc32)nc1. The third-order valence-corrected chi connectivity index (χ3v) is 8.27. The van der Waals surface area contributed by atoms with Crippen molar-refractivity contribution in [2.45, 2.75) is 0 Å². The maximum Gasteiger partial charge on any atom is 0.236 e. The van der Waals surface area contributed by atoms with E-state index in [1.54, 1.807) is 0 Å². The van der Waals surface area contributed by atoms with E-state index in [-0.39, 0.29) is 0 Å². The minimum atomic E-state index is 0.563. The van der Waals surface area contributed by atoms with E-state index >= 15 is 0 Å². The van der Waals surface area contributed by atoms with Gasteiger partial charge in [0.05, 0.1) is 33.5 Å². The van der Waals surface area contributed by atoms with Crippen LogP contribution in [0, 0.1) is 0 Å². The van der Waals surface area contributed by atoms with Crippen molar-refractivity contribution >= 4 is 43.6 Å². The minimum absolute atomic E-state index is 0.563. The van der Waals surface area contributed by atoms with E-state index in [2.05, 4.69) is 106 Å². The maximum absolute atomic E-state index is 5.38. The topological polar surface area (TPSA) is 61.4 Å². The second kappa shape index (κ2) is 9.71. The molecule has 4 aromatic carbocycles. The van der Waals surface area contributed by atoms with Gasteiger partial charge in [0.25, 0.3) is 0 Å². The Morgan fingerprint density at radius 3 is 1.11 bits per heavy atom. The van der Waals surface area contributed by atoms with Crippen molar-refractivity contribution in [1.29, 1.82) is 0 Å². The number of hydrogen-bond donors (Lipinski definition) is 0. The number of nitrogens with zero attached hydrogens (tertiary/aromatic N) is 6. The van der Waals surface area contributed by atoms with Gasteiger partial charge in [-0.25, -0.2) is 9.97 Å². The summed E-state index contributed by atoms with van der Waals surface area (Å²) in [5, 5.41) is 4.62. The van der Waals surface area contributed by atoms with Crippen molar-refractivity contribution in [3.63, 3.8) is 0 Å². The molecule has 9 rings (SSSR count). The molecule has 0 N–H and O–H groups in total. The summed E-state index contributed by atoms with van der Waals surface area (Å²) < 4.78 is 4.42. The fourth-order valence-corrected chi connectivity index (χ4v) is 6.42. The van der Waals surface area contributed by atoms with Crippen molar-refractivity contribution in [2.24, 2.45) is 0 Å². The molecule has 0 radical (unpaired) electrons. The predicted octanol–water partition coefficient (Wildman–Crippen LogP) is 8.79. The molecule has 0 amide bonds. The summed E-state index contributed by atoms with van der Waals surface area (Å²) in [4.78, 5) is 20.4. The lowest BCUT2D eigenvalue weighted by molar-refractivity contribution is 0.969. The monoisotopic (exact) mass is 564 g/mol. The third kappa shape index (κ3) is 3.61. The lowest BCUT2D eigenvalue weighted by atomic mass is 10.1. The summed E-state index contributed by atoms with van der Waals surface area (Å²) in [5.74, 6) is 0.563. The maximum atomic E-state index is 5.38. The van der Waals surface area contributed by atoms with Crippen molar-refractivity contribution < 1.29 is 0 Å². The van der Waals surface area contributed by atoms with Crippen LogP contribution < -0.4 is 0 Å². The van der Waals surface area contributed by atoms with Crippen molar-refractivity contribution in [3.8, 4) is 34.4 Å². The van der Waals surface area contributed by atoms with E-state index in [4.69, 9.17) is 19.9 Å². The van der Waals surface area contributed by atoms with Gasteiger partial charge in [0.15, 0.2) is 0 Å². The zero-order valence-electron chi connectivity index (χ0n) is 23.5. The molecule has 0 fully saturated rings. The van der Waals surface area contributed by atoms with Crippen LogP contribution in [-0.2, 0) is 0 Å². The Labute approximate surface area is 252 Å². The fourth-order valence-electron chi connectivity index (χ4n) is 6.42. The van der Waals surface area contributed by atoms with Crippen LogP contribution in [0.4, 0.5) is 0 Å². The summed E-state index contributed by atoms with van der Waals surface area (Å²) in [6.07, 6.45) is 3.63. The van der Waals surface area contributed by atoms with Gasteiger partial charge in [0.2, 0.25) is 5.95 Å². The van der Waals surface area contributed by atoms with Crippen LogP contribution in [0.25, 0.3) is 78.0 Å². The highest BCUT2D eigenvalue weighted by Gasteiger charge is 2.25. The smallest absolute Gasteiger partial charge is 0.236 e. The number of fused-ring (bicyclic) bond motifs is 6. The standard InChI is InChI=1S/C38H24N6/c1-5-19-31-25(13-1)26-14-2-6-20-32(26)43(31)37-35(29-17-9-11-23-39-29)41-38(42-36(37)30-18-10-12-24-40-30)44-33-21-7-3-15-27(33)28-16-4-8-22-34(28)44/h1-24H. The Kier molecular flexibility index (Phi) is 5.40. The molecule has 0 spiro atoms. The molecule has 0 saturated carbocycles. The normalized spacial score (nSPS) is 11.6. The summed E-state index contributed by atoms with van der Waals surface area (Å²) in [7, 11) is 0. The van der Waals surface area contributed by atoms with Gasteiger partial charge in [-0.1, -0.05) is 84.9 Å². The Balaban J connectivity index is 1.49. The molecule has 6 heteroatoms.